The summed E-state index contributed by atoms with van der Waals surface area (Å²) in [4.78, 5) is 12.7. The van der Waals surface area contributed by atoms with E-state index >= 15 is 0 Å². The fraction of sp³-hybridized carbons (Fsp3) is 0.136. The van der Waals surface area contributed by atoms with Gasteiger partial charge in [0, 0.05) is 48.5 Å². The Kier molecular flexibility index (Phi) is 6.55. The normalized spacial score (nSPS) is 12.3. The molecule has 0 saturated carbocycles. The summed E-state index contributed by atoms with van der Waals surface area (Å²) in [6.45, 7) is 1.80. The van der Waals surface area contributed by atoms with E-state index in [1.165, 1.54) is 12.1 Å². The topological polar surface area (TPSA) is 70.9 Å². The Hall–Kier alpha value is -3.06. The van der Waals surface area contributed by atoms with Crippen LogP contribution in [0.2, 0.25) is 0 Å². The molecule has 31 heavy (non-hydrogen) atoms. The molecule has 2 aromatic heterocycles. The van der Waals surface area contributed by atoms with Gasteiger partial charge in [-0.3, -0.25) is 4.98 Å². The molecule has 0 aliphatic carbocycles. The Morgan fingerprint density at radius 3 is 2.35 bits per heavy atom. The van der Waals surface area contributed by atoms with Crippen LogP contribution in [0.1, 0.15) is 28.4 Å². The molecule has 0 saturated heterocycles. The van der Waals surface area contributed by atoms with Crippen LogP contribution in [0.25, 0.3) is 10.9 Å². The Bertz CT molecular complexity index is 1200. The summed E-state index contributed by atoms with van der Waals surface area (Å²) < 4.78 is 39.0. The number of fused-ring (bicyclic) bond motifs is 1. The van der Waals surface area contributed by atoms with Crippen LogP contribution < -0.4 is 5.32 Å². The molecule has 0 fully saturated rings. The zero-order valence-corrected chi connectivity index (χ0v) is 19.5. The fourth-order valence-electron chi connectivity index (χ4n) is 3.23. The van der Waals surface area contributed by atoms with Gasteiger partial charge >= 0.3 is 6.18 Å². The van der Waals surface area contributed by atoms with E-state index in [-0.39, 0.29) is 25.2 Å². The number of nitrogens with zero attached hydrogens (tertiary/aromatic N) is 3. The number of rotatable bonds is 4. The average Bonchev–Trinajstić information content (AvgIpc) is 2.72. The number of hydrogen-bond donors (Lipinski definition) is 2. The molecule has 0 aliphatic rings. The van der Waals surface area contributed by atoms with E-state index in [0.29, 0.717) is 22.6 Å². The fourth-order valence-corrected chi connectivity index (χ4v) is 3.23. The number of phenols is 1. The van der Waals surface area contributed by atoms with Crippen LogP contribution in [0.5, 0.6) is 5.75 Å². The molecular weight excluding hydrogens is 459 g/mol. The molecular formula is C22H17F3N4OZn. The zero-order valence-electron chi connectivity index (χ0n) is 16.6. The van der Waals surface area contributed by atoms with Gasteiger partial charge < -0.3 is 10.4 Å². The third-order valence-electron chi connectivity index (χ3n) is 4.73. The molecule has 0 spiro atoms. The minimum atomic E-state index is -4.43. The van der Waals surface area contributed by atoms with Crippen molar-refractivity contribution in [2.45, 2.75) is 19.1 Å². The molecule has 2 heterocycles. The molecule has 5 nitrogen and oxygen atoms in total. The van der Waals surface area contributed by atoms with Crippen molar-refractivity contribution in [2.24, 2.45) is 0 Å². The van der Waals surface area contributed by atoms with Crippen molar-refractivity contribution in [3.05, 3.63) is 89.4 Å². The van der Waals surface area contributed by atoms with E-state index in [4.69, 9.17) is 0 Å². The molecule has 0 radical (unpaired) electrons. The number of aromatic hydroxyl groups is 1. The zero-order chi connectivity index (χ0) is 21.3. The molecule has 2 aromatic carbocycles. The predicted octanol–water partition coefficient (Wildman–Crippen LogP) is 5.26. The average molecular weight is 476 g/mol. The number of pyridine rings is 1. The van der Waals surface area contributed by atoms with Gasteiger partial charge in [0.2, 0.25) is 5.95 Å². The Labute approximate surface area is 189 Å². The molecule has 9 heteroatoms. The van der Waals surface area contributed by atoms with Crippen LogP contribution in [0.15, 0.2) is 67.0 Å². The largest absolute Gasteiger partial charge is 0.505 e. The van der Waals surface area contributed by atoms with Crippen LogP contribution >= 0.6 is 0 Å². The maximum Gasteiger partial charge on any atom is 0.416 e. The minimum Gasteiger partial charge on any atom is -0.505 e. The van der Waals surface area contributed by atoms with Crippen molar-refractivity contribution in [3.8, 4) is 5.75 Å². The first-order chi connectivity index (χ1) is 14.3. The molecule has 0 aliphatic heterocycles. The smallest absolute Gasteiger partial charge is 0.416 e. The summed E-state index contributed by atoms with van der Waals surface area (Å²) in [6.07, 6.45) is -1.29. The van der Waals surface area contributed by atoms with Crippen molar-refractivity contribution >= 4 is 16.9 Å². The third kappa shape index (κ3) is 4.82. The molecule has 0 bridgehead atoms. The standard InChI is InChI=1S/C22H17F3N4O.Zn/c1-13-10-12-27-21(28-13)29-18(15-4-7-16(8-5-15)22(23,24)25)17-9-6-14-3-2-11-26-19(14)20(17)30;/h2-12,18,30H,1H3,(H,27,28,29);/t18-;/m1./s1. The summed E-state index contributed by atoms with van der Waals surface area (Å²) in [5, 5.41) is 14.7. The van der Waals surface area contributed by atoms with Crippen molar-refractivity contribution in [1.29, 1.82) is 0 Å². The number of phenolic OH excluding ortho intramolecular Hbond substituents is 1. The second-order valence-electron chi connectivity index (χ2n) is 6.80. The number of halogens is 3. The summed E-state index contributed by atoms with van der Waals surface area (Å²) in [5.74, 6) is 0.235. The molecule has 0 amide bonds. The predicted molar refractivity (Wildman–Crippen MR) is 107 cm³/mol. The van der Waals surface area contributed by atoms with E-state index in [2.05, 4.69) is 20.3 Å². The number of aromatic nitrogens is 3. The van der Waals surface area contributed by atoms with Gasteiger partial charge in [0.25, 0.3) is 0 Å². The molecule has 4 rings (SSSR count). The first-order valence-corrected chi connectivity index (χ1v) is 9.13. The maximum absolute atomic E-state index is 13.0. The molecule has 2 N–H and O–H groups in total. The van der Waals surface area contributed by atoms with Crippen molar-refractivity contribution in [2.75, 3.05) is 5.32 Å². The minimum absolute atomic E-state index is 0. The van der Waals surface area contributed by atoms with Crippen molar-refractivity contribution in [1.82, 2.24) is 15.0 Å². The van der Waals surface area contributed by atoms with E-state index in [1.54, 1.807) is 43.6 Å². The summed E-state index contributed by atoms with van der Waals surface area (Å²) in [7, 11) is 0. The van der Waals surface area contributed by atoms with E-state index in [0.717, 1.165) is 23.2 Å². The van der Waals surface area contributed by atoms with E-state index < -0.39 is 17.8 Å². The molecule has 0 unspecified atom stereocenters. The van der Waals surface area contributed by atoms with Gasteiger partial charge in [0.05, 0.1) is 11.6 Å². The first-order valence-electron chi connectivity index (χ1n) is 9.13. The van der Waals surface area contributed by atoms with Gasteiger partial charge in [-0.25, -0.2) is 9.97 Å². The van der Waals surface area contributed by atoms with Crippen LogP contribution in [0, 0.1) is 6.92 Å². The monoisotopic (exact) mass is 474 g/mol. The second kappa shape index (κ2) is 8.98. The summed E-state index contributed by atoms with van der Waals surface area (Å²) in [5.41, 5.74) is 1.34. The SMILES string of the molecule is Cc1ccnc(N[C@H](c2ccc(C(F)(F)F)cc2)c2ccc3cccnc3c2O)n1.[Zn]. The first kappa shape index (κ1) is 22.6. The molecule has 154 valence electrons. The number of nitrogens with one attached hydrogen (secondary N) is 1. The number of alkyl halides is 3. The van der Waals surface area contributed by atoms with Gasteiger partial charge in [-0.05, 0) is 36.8 Å². The van der Waals surface area contributed by atoms with Crippen LogP contribution in [-0.4, -0.2) is 20.1 Å². The van der Waals surface area contributed by atoms with Gasteiger partial charge in [-0.1, -0.05) is 30.3 Å². The van der Waals surface area contributed by atoms with Crippen molar-refractivity contribution < 1.29 is 37.8 Å². The Morgan fingerprint density at radius 1 is 0.935 bits per heavy atom. The maximum atomic E-state index is 13.0. The molecule has 4 aromatic rings. The van der Waals surface area contributed by atoms with Crippen LogP contribution in [0.3, 0.4) is 0 Å². The van der Waals surface area contributed by atoms with Gasteiger partial charge in [0.15, 0.2) is 0 Å². The number of aryl methyl sites for hydroxylation is 1. The number of anilines is 1. The van der Waals surface area contributed by atoms with Crippen LogP contribution in [0.4, 0.5) is 19.1 Å². The summed E-state index contributed by atoms with van der Waals surface area (Å²) in [6, 6.07) is 12.9. The molecule has 1 atom stereocenters. The Balaban J connectivity index is 0.00000272. The van der Waals surface area contributed by atoms with Crippen molar-refractivity contribution in [3.63, 3.8) is 0 Å². The van der Waals surface area contributed by atoms with Crippen LogP contribution in [-0.2, 0) is 25.7 Å². The second-order valence-corrected chi connectivity index (χ2v) is 6.80. The van der Waals surface area contributed by atoms with E-state index in [1.807, 2.05) is 6.07 Å². The third-order valence-corrected chi connectivity index (χ3v) is 4.73. The number of hydrogen-bond acceptors (Lipinski definition) is 5. The van der Waals surface area contributed by atoms with Gasteiger partial charge in [-0.2, -0.15) is 13.2 Å². The number of benzene rings is 2. The van der Waals surface area contributed by atoms with Gasteiger partial charge in [0.1, 0.15) is 11.3 Å². The quantitative estimate of drug-likeness (QED) is 0.394. The van der Waals surface area contributed by atoms with E-state index in [9.17, 15) is 18.3 Å². The van der Waals surface area contributed by atoms with Gasteiger partial charge in [-0.15, -0.1) is 0 Å². The summed E-state index contributed by atoms with van der Waals surface area (Å²) >= 11 is 0. The Morgan fingerprint density at radius 2 is 1.68 bits per heavy atom.